The van der Waals surface area contributed by atoms with Crippen molar-refractivity contribution in [3.63, 3.8) is 0 Å². The molecule has 2 aliphatic heterocycles. The number of benzene rings is 1. The quantitative estimate of drug-likeness (QED) is 0.784. The number of likely N-dealkylation sites (tertiary alicyclic amines) is 1. The van der Waals surface area contributed by atoms with Crippen LogP contribution in [0.25, 0.3) is 0 Å². The number of carbonyl (C=O) groups is 2. The van der Waals surface area contributed by atoms with Crippen molar-refractivity contribution in [2.24, 2.45) is 12.5 Å². The molecule has 1 aromatic carbocycles. The van der Waals surface area contributed by atoms with Gasteiger partial charge in [0.05, 0.1) is 23.9 Å². The van der Waals surface area contributed by atoms with Gasteiger partial charge >= 0.3 is 0 Å². The number of hydrogen-bond donors (Lipinski definition) is 1. The topological polar surface area (TPSA) is 76.5 Å². The van der Waals surface area contributed by atoms with Gasteiger partial charge in [0.15, 0.2) is 0 Å². The van der Waals surface area contributed by atoms with Gasteiger partial charge in [-0.1, -0.05) is 25.0 Å². The van der Waals surface area contributed by atoms with E-state index in [-0.39, 0.29) is 17.2 Å². The minimum atomic E-state index is -0.110. The molecule has 30 heavy (non-hydrogen) atoms. The van der Waals surface area contributed by atoms with E-state index < -0.39 is 0 Å². The molecule has 7 nitrogen and oxygen atoms in total. The van der Waals surface area contributed by atoms with E-state index in [1.165, 1.54) is 0 Å². The Labute approximate surface area is 177 Å². The van der Waals surface area contributed by atoms with Crippen LogP contribution in [0.2, 0.25) is 0 Å². The minimum absolute atomic E-state index is 0.0263. The first-order valence-electron chi connectivity index (χ1n) is 10.8. The summed E-state index contributed by atoms with van der Waals surface area (Å²) in [5, 5.41) is 7.28. The second-order valence-electron chi connectivity index (χ2n) is 8.57. The zero-order valence-corrected chi connectivity index (χ0v) is 17.6. The van der Waals surface area contributed by atoms with E-state index in [4.69, 9.17) is 4.74 Å². The van der Waals surface area contributed by atoms with Gasteiger partial charge < -0.3 is 15.0 Å². The smallest absolute Gasteiger partial charge is 0.257 e. The van der Waals surface area contributed by atoms with Crippen LogP contribution in [0.5, 0.6) is 5.75 Å². The molecule has 2 amide bonds. The lowest BCUT2D eigenvalue weighted by atomic mass is 9.75. The molecule has 2 aliphatic rings. The van der Waals surface area contributed by atoms with Crippen LogP contribution in [0.4, 0.5) is 0 Å². The van der Waals surface area contributed by atoms with Gasteiger partial charge in [0, 0.05) is 38.3 Å². The monoisotopic (exact) mass is 410 g/mol. The zero-order chi connectivity index (χ0) is 21.0. The number of hydrogen-bond acceptors (Lipinski definition) is 4. The van der Waals surface area contributed by atoms with Gasteiger partial charge in [-0.3, -0.25) is 14.3 Å². The zero-order valence-electron chi connectivity index (χ0n) is 17.6. The lowest BCUT2D eigenvalue weighted by Gasteiger charge is -2.43. The molecule has 160 valence electrons. The van der Waals surface area contributed by atoms with E-state index in [0.29, 0.717) is 36.6 Å². The maximum Gasteiger partial charge on any atom is 0.257 e. The average molecular weight is 411 g/mol. The fraction of sp³-hybridized carbons (Fsp3) is 0.522. The van der Waals surface area contributed by atoms with E-state index in [9.17, 15) is 9.59 Å². The van der Waals surface area contributed by atoms with Crippen LogP contribution < -0.4 is 10.1 Å². The molecule has 1 N–H and O–H groups in total. The molecule has 0 bridgehead atoms. The molecule has 7 heteroatoms. The summed E-state index contributed by atoms with van der Waals surface area (Å²) in [4.78, 5) is 27.9. The van der Waals surface area contributed by atoms with Crippen molar-refractivity contribution >= 4 is 11.8 Å². The molecule has 1 atom stereocenters. The van der Waals surface area contributed by atoms with E-state index in [1.807, 2.05) is 36.2 Å². The summed E-state index contributed by atoms with van der Waals surface area (Å²) in [6.45, 7) is 2.60. The summed E-state index contributed by atoms with van der Waals surface area (Å²) in [5.41, 5.74) is 1.10. The molecular formula is C23H30N4O3. The number of ether oxygens (including phenoxy) is 1. The van der Waals surface area contributed by atoms with Crippen molar-refractivity contribution in [3.05, 3.63) is 47.8 Å². The third-order valence-electron chi connectivity index (χ3n) is 6.27. The first kappa shape index (κ1) is 20.4. The van der Waals surface area contributed by atoms with Gasteiger partial charge in [0.2, 0.25) is 0 Å². The van der Waals surface area contributed by atoms with Crippen molar-refractivity contribution in [2.75, 3.05) is 26.2 Å². The molecule has 1 unspecified atom stereocenters. The first-order chi connectivity index (χ1) is 14.6. The number of nitrogens with one attached hydrogen (secondary N) is 1. The lowest BCUT2D eigenvalue weighted by Crippen LogP contribution is -2.51. The largest absolute Gasteiger partial charge is 0.493 e. The lowest BCUT2D eigenvalue weighted by molar-refractivity contribution is 0.0468. The summed E-state index contributed by atoms with van der Waals surface area (Å²) >= 11 is 0. The van der Waals surface area contributed by atoms with E-state index >= 15 is 0 Å². The Kier molecular flexibility index (Phi) is 6.06. The van der Waals surface area contributed by atoms with Gasteiger partial charge in [-0.2, -0.15) is 5.10 Å². The highest BCUT2D eigenvalue weighted by Gasteiger charge is 2.37. The molecule has 1 saturated heterocycles. The first-order valence-corrected chi connectivity index (χ1v) is 10.8. The van der Waals surface area contributed by atoms with Crippen LogP contribution in [0, 0.1) is 5.41 Å². The van der Waals surface area contributed by atoms with Crippen molar-refractivity contribution in [3.8, 4) is 5.75 Å². The van der Waals surface area contributed by atoms with Crippen molar-refractivity contribution in [2.45, 2.75) is 38.5 Å². The molecule has 3 heterocycles. The van der Waals surface area contributed by atoms with Crippen LogP contribution in [-0.4, -0.2) is 52.7 Å². The second-order valence-corrected chi connectivity index (χ2v) is 8.57. The molecule has 1 fully saturated rings. The highest BCUT2D eigenvalue weighted by Crippen LogP contribution is 2.36. The number of carbonyl (C=O) groups excluding carboxylic acids is 2. The molecule has 0 saturated carbocycles. The van der Waals surface area contributed by atoms with E-state index in [2.05, 4.69) is 10.4 Å². The van der Waals surface area contributed by atoms with Crippen LogP contribution in [0.1, 0.15) is 59.2 Å². The summed E-state index contributed by atoms with van der Waals surface area (Å²) in [7, 11) is 1.82. The molecule has 2 aromatic rings. The summed E-state index contributed by atoms with van der Waals surface area (Å²) in [5.74, 6) is 0.557. The average Bonchev–Trinajstić information content (AvgIpc) is 3.20. The predicted octanol–water partition coefficient (Wildman–Crippen LogP) is 3.03. The standard InChI is InChI=1S/C23H30N4O3/c1-26-15-18(14-25-26)22(29)27-12-7-11-23(17-27)10-5-2-6-13-30-20-9-4-3-8-19(20)21(28)24-16-23/h3-4,8-9,14-15H,2,5-7,10-13,16-17H2,1H3,(H,24,28). The number of para-hydroxylation sites is 1. The Balaban J connectivity index is 1.52. The fourth-order valence-electron chi connectivity index (χ4n) is 4.64. The summed E-state index contributed by atoms with van der Waals surface area (Å²) in [6, 6.07) is 7.41. The van der Waals surface area contributed by atoms with Gasteiger partial charge in [0.1, 0.15) is 5.75 Å². The van der Waals surface area contributed by atoms with E-state index in [1.54, 1.807) is 17.1 Å². The summed E-state index contributed by atoms with van der Waals surface area (Å²) < 4.78 is 7.50. The molecule has 1 spiro atoms. The number of rotatable bonds is 1. The third-order valence-corrected chi connectivity index (χ3v) is 6.27. The highest BCUT2D eigenvalue weighted by atomic mass is 16.5. The number of aromatic nitrogens is 2. The Morgan fingerprint density at radius 3 is 2.83 bits per heavy atom. The van der Waals surface area contributed by atoms with Gasteiger partial charge in [-0.15, -0.1) is 0 Å². The van der Waals surface area contributed by atoms with Crippen molar-refractivity contribution < 1.29 is 14.3 Å². The summed E-state index contributed by atoms with van der Waals surface area (Å²) in [6.07, 6.45) is 9.46. The number of piperidine rings is 1. The number of aryl methyl sites for hydroxylation is 1. The van der Waals surface area contributed by atoms with Gasteiger partial charge in [0.25, 0.3) is 11.8 Å². The van der Waals surface area contributed by atoms with Crippen molar-refractivity contribution in [1.82, 2.24) is 20.0 Å². The fourth-order valence-corrected chi connectivity index (χ4v) is 4.64. The molecule has 0 aliphatic carbocycles. The van der Waals surface area contributed by atoms with Crippen LogP contribution in [0.15, 0.2) is 36.7 Å². The second kappa shape index (κ2) is 8.90. The number of fused-ring (bicyclic) bond motifs is 1. The molecule has 0 radical (unpaired) electrons. The molecule has 1 aromatic heterocycles. The van der Waals surface area contributed by atoms with Gasteiger partial charge in [-0.25, -0.2) is 0 Å². The SMILES string of the molecule is Cn1cc(C(=O)N2CCCC3(CCCCCOc4ccccc4C(=O)NC3)C2)cn1. The normalized spacial score (nSPS) is 23.0. The van der Waals surface area contributed by atoms with Gasteiger partial charge in [-0.05, 0) is 37.8 Å². The van der Waals surface area contributed by atoms with Crippen molar-refractivity contribution in [1.29, 1.82) is 0 Å². The van der Waals surface area contributed by atoms with Crippen LogP contribution >= 0.6 is 0 Å². The Morgan fingerprint density at radius 1 is 1.17 bits per heavy atom. The maximum atomic E-state index is 13.0. The minimum Gasteiger partial charge on any atom is -0.493 e. The third kappa shape index (κ3) is 4.50. The highest BCUT2D eigenvalue weighted by molar-refractivity contribution is 5.97. The molecular weight excluding hydrogens is 380 g/mol. The Hall–Kier alpha value is -2.83. The maximum absolute atomic E-state index is 13.0. The molecule has 4 rings (SSSR count). The predicted molar refractivity (Wildman–Crippen MR) is 114 cm³/mol. The van der Waals surface area contributed by atoms with Crippen LogP contribution in [0.3, 0.4) is 0 Å². The van der Waals surface area contributed by atoms with E-state index in [0.717, 1.165) is 45.1 Å². The Bertz CT molecular complexity index is 909. The van der Waals surface area contributed by atoms with Crippen LogP contribution in [-0.2, 0) is 7.05 Å². The number of amides is 2. The number of nitrogens with zero attached hydrogens (tertiary/aromatic N) is 3. The Morgan fingerprint density at radius 2 is 2.00 bits per heavy atom.